The lowest BCUT2D eigenvalue weighted by Crippen LogP contribution is -2.27. The third kappa shape index (κ3) is 2.97. The van der Waals surface area contributed by atoms with Crippen molar-refractivity contribution in [2.24, 2.45) is 5.84 Å². The van der Waals surface area contributed by atoms with Crippen LogP contribution in [-0.4, -0.2) is 9.97 Å². The van der Waals surface area contributed by atoms with Crippen molar-refractivity contribution < 1.29 is 0 Å². The van der Waals surface area contributed by atoms with Gasteiger partial charge in [-0.3, -0.25) is 5.01 Å². The van der Waals surface area contributed by atoms with Crippen LogP contribution in [0.2, 0.25) is 0 Å². The Hall–Kier alpha value is -3.12. The summed E-state index contributed by atoms with van der Waals surface area (Å²) >= 11 is 0. The Morgan fingerprint density at radius 2 is 1.55 bits per heavy atom. The van der Waals surface area contributed by atoms with Gasteiger partial charge in [0.2, 0.25) is 5.95 Å². The number of nitrogens with zero attached hydrogens (tertiary/aromatic N) is 3. The molecule has 5 N–H and O–H groups in total. The zero-order valence-electron chi connectivity index (χ0n) is 11.8. The molecule has 0 bridgehead atoms. The smallest absolute Gasteiger partial charge is 0.229 e. The van der Waals surface area contributed by atoms with Crippen molar-refractivity contribution in [3.05, 3.63) is 66.9 Å². The Morgan fingerprint density at radius 1 is 0.909 bits per heavy atom. The van der Waals surface area contributed by atoms with Gasteiger partial charge in [-0.1, -0.05) is 36.4 Å². The lowest BCUT2D eigenvalue weighted by Gasteiger charge is -2.19. The molecule has 0 spiro atoms. The van der Waals surface area contributed by atoms with Gasteiger partial charge in [0.25, 0.3) is 0 Å². The molecule has 0 atom stereocenters. The number of aromatic nitrogens is 2. The highest BCUT2D eigenvalue weighted by molar-refractivity contribution is 5.71. The fourth-order valence-corrected chi connectivity index (χ4v) is 2.00. The molecule has 110 valence electrons. The molecule has 6 heteroatoms. The minimum atomic E-state index is 0.407. The lowest BCUT2D eigenvalue weighted by molar-refractivity contribution is 1.02. The predicted molar refractivity (Wildman–Crippen MR) is 88.9 cm³/mol. The zero-order valence-corrected chi connectivity index (χ0v) is 11.8. The highest BCUT2D eigenvalue weighted by Crippen LogP contribution is 2.26. The highest BCUT2D eigenvalue weighted by Gasteiger charge is 2.12. The first-order chi connectivity index (χ1) is 10.7. The second-order valence-corrected chi connectivity index (χ2v) is 4.67. The number of nitrogens with two attached hydrogens (primary N) is 2. The topological polar surface area (TPSA) is 93.1 Å². The van der Waals surface area contributed by atoms with Crippen LogP contribution in [0, 0.1) is 0 Å². The van der Waals surface area contributed by atoms with Gasteiger partial charge in [-0.15, -0.1) is 0 Å². The number of rotatable bonds is 4. The predicted octanol–water partition coefficient (Wildman–Crippen LogP) is 2.81. The summed E-state index contributed by atoms with van der Waals surface area (Å²) in [6.45, 7) is 0. The summed E-state index contributed by atoms with van der Waals surface area (Å²) < 4.78 is 0. The molecule has 1 aromatic heterocycles. The highest BCUT2D eigenvalue weighted by atomic mass is 15.4. The molecule has 22 heavy (non-hydrogen) atoms. The first kappa shape index (κ1) is 13.8. The van der Waals surface area contributed by atoms with E-state index in [2.05, 4.69) is 15.3 Å². The molecule has 2 aromatic carbocycles. The van der Waals surface area contributed by atoms with E-state index < -0.39 is 0 Å². The Morgan fingerprint density at radius 3 is 2.23 bits per heavy atom. The molecule has 0 aliphatic rings. The molecule has 0 saturated heterocycles. The molecule has 3 rings (SSSR count). The van der Waals surface area contributed by atoms with Crippen molar-refractivity contribution in [1.82, 2.24) is 9.97 Å². The maximum absolute atomic E-state index is 6.11. The van der Waals surface area contributed by atoms with Gasteiger partial charge in [0.1, 0.15) is 0 Å². The third-order valence-electron chi connectivity index (χ3n) is 3.09. The Bertz CT molecular complexity index is 745. The summed E-state index contributed by atoms with van der Waals surface area (Å²) in [5, 5.41) is 4.56. The van der Waals surface area contributed by atoms with Gasteiger partial charge in [0.05, 0.1) is 17.6 Å². The van der Waals surface area contributed by atoms with Crippen LogP contribution in [0.25, 0.3) is 0 Å². The van der Waals surface area contributed by atoms with Crippen LogP contribution in [0.3, 0.4) is 0 Å². The standard InChI is InChI=1S/C16H16N6/c17-14-11-19-16(20-12-7-3-1-4-8-12)21-15(14)22(18)13-9-5-2-6-10-13/h1-11H,17-18H2,(H,19,20,21). The van der Waals surface area contributed by atoms with Crippen LogP contribution in [-0.2, 0) is 0 Å². The van der Waals surface area contributed by atoms with E-state index >= 15 is 0 Å². The molecule has 0 radical (unpaired) electrons. The van der Waals surface area contributed by atoms with E-state index in [-0.39, 0.29) is 0 Å². The van der Waals surface area contributed by atoms with Crippen LogP contribution < -0.4 is 21.9 Å². The van der Waals surface area contributed by atoms with Crippen molar-refractivity contribution in [3.8, 4) is 0 Å². The Balaban J connectivity index is 1.90. The van der Waals surface area contributed by atoms with Gasteiger partial charge in [-0.05, 0) is 24.3 Å². The van der Waals surface area contributed by atoms with Crippen LogP contribution in [0.5, 0.6) is 0 Å². The molecule has 0 saturated carbocycles. The van der Waals surface area contributed by atoms with E-state index in [0.717, 1.165) is 11.4 Å². The molecular formula is C16H16N6. The Labute approximate surface area is 128 Å². The van der Waals surface area contributed by atoms with Crippen LogP contribution in [0.1, 0.15) is 0 Å². The molecule has 0 aliphatic heterocycles. The Kier molecular flexibility index (Phi) is 3.84. The van der Waals surface area contributed by atoms with Crippen molar-refractivity contribution in [2.45, 2.75) is 0 Å². The van der Waals surface area contributed by atoms with Gasteiger partial charge in [-0.2, -0.15) is 4.98 Å². The van der Waals surface area contributed by atoms with E-state index in [0.29, 0.717) is 17.5 Å². The van der Waals surface area contributed by atoms with E-state index in [1.165, 1.54) is 11.2 Å². The summed E-state index contributed by atoms with van der Waals surface area (Å²) in [6.07, 6.45) is 1.54. The van der Waals surface area contributed by atoms with Crippen molar-refractivity contribution >= 4 is 28.8 Å². The SMILES string of the molecule is Nc1cnc(Nc2ccccc2)nc1N(N)c1ccccc1. The van der Waals surface area contributed by atoms with Gasteiger partial charge in [-0.25, -0.2) is 10.8 Å². The number of para-hydroxylation sites is 2. The average Bonchev–Trinajstić information content (AvgIpc) is 2.58. The van der Waals surface area contributed by atoms with Crippen molar-refractivity contribution in [1.29, 1.82) is 0 Å². The minimum absolute atomic E-state index is 0.407. The molecule has 3 aromatic rings. The fraction of sp³-hybridized carbons (Fsp3) is 0. The summed E-state index contributed by atoms with van der Waals surface area (Å²) in [7, 11) is 0. The summed E-state index contributed by atoms with van der Waals surface area (Å²) in [4.78, 5) is 8.58. The minimum Gasteiger partial charge on any atom is -0.394 e. The van der Waals surface area contributed by atoms with Gasteiger partial charge in [0, 0.05) is 5.69 Å². The number of nitrogen functional groups attached to an aromatic ring is 1. The van der Waals surface area contributed by atoms with Crippen molar-refractivity contribution in [2.75, 3.05) is 16.1 Å². The maximum Gasteiger partial charge on any atom is 0.229 e. The number of hydrogen-bond acceptors (Lipinski definition) is 6. The van der Waals surface area contributed by atoms with E-state index in [1.807, 2.05) is 60.7 Å². The van der Waals surface area contributed by atoms with E-state index in [1.54, 1.807) is 0 Å². The first-order valence-corrected chi connectivity index (χ1v) is 6.78. The van der Waals surface area contributed by atoms with Gasteiger partial charge in [0.15, 0.2) is 5.82 Å². The first-order valence-electron chi connectivity index (χ1n) is 6.78. The number of benzene rings is 2. The summed E-state index contributed by atoms with van der Waals surface area (Å²) in [5.41, 5.74) is 8.03. The van der Waals surface area contributed by atoms with Crippen molar-refractivity contribution in [3.63, 3.8) is 0 Å². The van der Waals surface area contributed by atoms with Gasteiger partial charge < -0.3 is 11.1 Å². The maximum atomic E-state index is 6.11. The molecule has 0 amide bonds. The quantitative estimate of drug-likeness (QED) is 0.506. The zero-order chi connectivity index (χ0) is 15.4. The van der Waals surface area contributed by atoms with E-state index in [9.17, 15) is 0 Å². The monoisotopic (exact) mass is 292 g/mol. The van der Waals surface area contributed by atoms with Crippen LogP contribution in [0.4, 0.5) is 28.8 Å². The summed E-state index contributed by atoms with van der Waals surface area (Å²) in [5.74, 6) is 6.99. The number of anilines is 5. The number of hydrazine groups is 1. The number of nitrogens with one attached hydrogen (secondary N) is 1. The second-order valence-electron chi connectivity index (χ2n) is 4.67. The normalized spacial score (nSPS) is 10.2. The van der Waals surface area contributed by atoms with Crippen LogP contribution in [0.15, 0.2) is 66.9 Å². The molecule has 0 unspecified atom stereocenters. The van der Waals surface area contributed by atoms with E-state index in [4.69, 9.17) is 11.6 Å². The third-order valence-corrected chi connectivity index (χ3v) is 3.09. The second kappa shape index (κ2) is 6.11. The summed E-state index contributed by atoms with van der Waals surface area (Å²) in [6, 6.07) is 19.1. The molecule has 6 nitrogen and oxygen atoms in total. The van der Waals surface area contributed by atoms with Crippen LogP contribution >= 0.6 is 0 Å². The van der Waals surface area contributed by atoms with Gasteiger partial charge >= 0.3 is 0 Å². The lowest BCUT2D eigenvalue weighted by atomic mass is 10.3. The molecule has 1 heterocycles. The largest absolute Gasteiger partial charge is 0.394 e. The number of hydrogen-bond donors (Lipinski definition) is 3. The molecular weight excluding hydrogens is 276 g/mol. The molecule has 0 aliphatic carbocycles. The fourth-order valence-electron chi connectivity index (χ4n) is 2.00. The average molecular weight is 292 g/mol. The molecule has 0 fully saturated rings.